The van der Waals surface area contributed by atoms with Crippen molar-refractivity contribution < 1.29 is 23.7 Å². The van der Waals surface area contributed by atoms with E-state index < -0.39 is 0 Å². The number of nitrogens with zero attached hydrogens (tertiary/aromatic N) is 1. The minimum absolute atomic E-state index is 0.0400. The number of hydrogen-bond acceptors (Lipinski definition) is 6. The third kappa shape index (κ3) is 8.03. The first kappa shape index (κ1) is 29.6. The summed E-state index contributed by atoms with van der Waals surface area (Å²) in [4.78, 5) is 15.0. The summed E-state index contributed by atoms with van der Waals surface area (Å²) < 4.78 is 21.8. The van der Waals surface area contributed by atoms with Crippen LogP contribution in [0.25, 0.3) is 0 Å². The Bertz CT molecular complexity index is 1030. The predicted octanol–water partition coefficient (Wildman–Crippen LogP) is 5.21. The van der Waals surface area contributed by atoms with Gasteiger partial charge in [-0.05, 0) is 80.9 Å². The summed E-state index contributed by atoms with van der Waals surface area (Å²) in [5.41, 5.74) is 3.62. The van der Waals surface area contributed by atoms with Crippen LogP contribution in [0.2, 0.25) is 0 Å². The van der Waals surface area contributed by atoms with E-state index in [1.165, 1.54) is 30.4 Å². The maximum Gasteiger partial charge on any atom is 0.224 e. The second-order valence-electron chi connectivity index (χ2n) is 10.0. The first-order chi connectivity index (χ1) is 18.5. The van der Waals surface area contributed by atoms with E-state index in [1.54, 1.807) is 28.4 Å². The van der Waals surface area contributed by atoms with E-state index in [1.807, 2.05) is 24.3 Å². The lowest BCUT2D eigenvalue weighted by molar-refractivity contribution is -0.120. The molecule has 1 N–H and O–H groups in total. The van der Waals surface area contributed by atoms with E-state index in [4.69, 9.17) is 18.9 Å². The number of unbranched alkanes of at least 4 members (excludes halogenated alkanes) is 3. The van der Waals surface area contributed by atoms with E-state index in [9.17, 15) is 4.79 Å². The van der Waals surface area contributed by atoms with Crippen LogP contribution < -0.4 is 24.3 Å². The summed E-state index contributed by atoms with van der Waals surface area (Å²) in [6.45, 7) is 5.25. The second kappa shape index (κ2) is 15.5. The van der Waals surface area contributed by atoms with Gasteiger partial charge in [0.2, 0.25) is 5.91 Å². The van der Waals surface area contributed by atoms with Crippen LogP contribution in [0.5, 0.6) is 23.0 Å². The maximum absolute atomic E-state index is 12.4. The topological polar surface area (TPSA) is 69.3 Å². The maximum atomic E-state index is 12.4. The SMILES string of the molecule is CCCN(CCCCCCNC(=O)Cc1ccc(OC)c(OC)c1)[C@H]1CCc2c(ccc(OC)c2OC)C1. The zero-order valence-electron chi connectivity index (χ0n) is 23.9. The van der Waals surface area contributed by atoms with Gasteiger partial charge in [-0.3, -0.25) is 4.79 Å². The van der Waals surface area contributed by atoms with Crippen molar-refractivity contribution >= 4 is 5.91 Å². The van der Waals surface area contributed by atoms with Gasteiger partial charge < -0.3 is 29.2 Å². The molecule has 7 nitrogen and oxygen atoms in total. The van der Waals surface area contributed by atoms with Crippen molar-refractivity contribution in [3.8, 4) is 23.0 Å². The van der Waals surface area contributed by atoms with Crippen LogP contribution in [-0.2, 0) is 24.1 Å². The molecule has 2 aromatic carbocycles. The molecule has 0 aromatic heterocycles. The Balaban J connectivity index is 1.37. The molecular weight excluding hydrogens is 480 g/mol. The highest BCUT2D eigenvalue weighted by Crippen LogP contribution is 2.38. The standard InChI is InChI=1S/C31H46N2O5/c1-6-18-33(25-13-14-26-24(22-25)12-16-28(36-3)31(26)38-5)19-10-8-7-9-17-32-30(34)21-23-11-15-27(35-2)29(20-23)37-4/h11-12,15-16,20,25H,6-10,13-14,17-19,21-22H2,1-5H3,(H,32,34)/t25-/m0/s1. The molecule has 0 aliphatic heterocycles. The molecule has 1 aliphatic rings. The van der Waals surface area contributed by atoms with Crippen LogP contribution in [0.15, 0.2) is 30.3 Å². The molecule has 0 spiro atoms. The second-order valence-corrected chi connectivity index (χ2v) is 10.0. The number of methoxy groups -OCH3 is 4. The van der Waals surface area contributed by atoms with Gasteiger partial charge in [0.25, 0.3) is 0 Å². The van der Waals surface area contributed by atoms with Crippen molar-refractivity contribution in [2.75, 3.05) is 48.1 Å². The molecule has 0 bridgehead atoms. The fourth-order valence-electron chi connectivity index (χ4n) is 5.50. The number of benzene rings is 2. The molecule has 0 radical (unpaired) electrons. The van der Waals surface area contributed by atoms with Crippen molar-refractivity contribution in [1.82, 2.24) is 10.2 Å². The number of fused-ring (bicyclic) bond motifs is 1. The predicted molar refractivity (Wildman–Crippen MR) is 152 cm³/mol. The van der Waals surface area contributed by atoms with Crippen LogP contribution in [0, 0.1) is 0 Å². The van der Waals surface area contributed by atoms with E-state index in [0.29, 0.717) is 24.0 Å². The third-order valence-electron chi connectivity index (χ3n) is 7.46. The number of hydrogen-bond donors (Lipinski definition) is 1. The van der Waals surface area contributed by atoms with Crippen LogP contribution >= 0.6 is 0 Å². The summed E-state index contributed by atoms with van der Waals surface area (Å²) >= 11 is 0. The van der Waals surface area contributed by atoms with E-state index in [-0.39, 0.29) is 5.91 Å². The monoisotopic (exact) mass is 526 g/mol. The smallest absolute Gasteiger partial charge is 0.224 e. The molecule has 1 amide bonds. The lowest BCUT2D eigenvalue weighted by Crippen LogP contribution is -2.40. The quantitative estimate of drug-likeness (QED) is 0.303. The Morgan fingerprint density at radius 1 is 0.895 bits per heavy atom. The van der Waals surface area contributed by atoms with Gasteiger partial charge >= 0.3 is 0 Å². The lowest BCUT2D eigenvalue weighted by Gasteiger charge is -2.36. The molecular formula is C31H46N2O5. The van der Waals surface area contributed by atoms with Crippen LogP contribution in [0.1, 0.15) is 62.1 Å². The highest BCUT2D eigenvalue weighted by molar-refractivity contribution is 5.78. The zero-order chi connectivity index (χ0) is 27.3. The van der Waals surface area contributed by atoms with Gasteiger partial charge in [-0.15, -0.1) is 0 Å². The molecule has 0 fully saturated rings. The number of ether oxygens (including phenoxy) is 4. The zero-order valence-corrected chi connectivity index (χ0v) is 23.9. The molecule has 0 saturated carbocycles. The molecule has 210 valence electrons. The summed E-state index contributed by atoms with van der Waals surface area (Å²) in [5.74, 6) is 3.09. The number of carbonyl (C=O) groups is 1. The molecule has 7 heteroatoms. The molecule has 0 saturated heterocycles. The van der Waals surface area contributed by atoms with E-state index in [0.717, 1.165) is 68.8 Å². The van der Waals surface area contributed by atoms with Gasteiger partial charge in [-0.2, -0.15) is 0 Å². The van der Waals surface area contributed by atoms with Crippen LogP contribution in [-0.4, -0.2) is 64.9 Å². The van der Waals surface area contributed by atoms with Crippen LogP contribution in [0.3, 0.4) is 0 Å². The highest BCUT2D eigenvalue weighted by Gasteiger charge is 2.27. The summed E-state index contributed by atoms with van der Waals surface area (Å²) in [5, 5.41) is 3.06. The average Bonchev–Trinajstić information content (AvgIpc) is 2.94. The fraction of sp³-hybridized carbons (Fsp3) is 0.581. The first-order valence-corrected chi connectivity index (χ1v) is 14.0. The van der Waals surface area contributed by atoms with Gasteiger partial charge in [0, 0.05) is 18.2 Å². The lowest BCUT2D eigenvalue weighted by atomic mass is 9.86. The number of carbonyl (C=O) groups excluding carboxylic acids is 1. The molecule has 2 aromatic rings. The molecule has 38 heavy (non-hydrogen) atoms. The number of amides is 1. The van der Waals surface area contributed by atoms with Crippen LogP contribution in [0.4, 0.5) is 0 Å². The Morgan fingerprint density at radius 3 is 2.34 bits per heavy atom. The van der Waals surface area contributed by atoms with Gasteiger partial charge in [-0.25, -0.2) is 0 Å². The van der Waals surface area contributed by atoms with Crippen molar-refractivity contribution in [2.24, 2.45) is 0 Å². The number of nitrogens with one attached hydrogen (secondary N) is 1. The molecule has 1 atom stereocenters. The highest BCUT2D eigenvalue weighted by atomic mass is 16.5. The fourth-order valence-corrected chi connectivity index (χ4v) is 5.50. The minimum atomic E-state index is 0.0400. The van der Waals surface area contributed by atoms with Crippen molar-refractivity contribution in [1.29, 1.82) is 0 Å². The van der Waals surface area contributed by atoms with Crippen molar-refractivity contribution in [3.05, 3.63) is 47.0 Å². The number of rotatable bonds is 16. The van der Waals surface area contributed by atoms with E-state index >= 15 is 0 Å². The summed E-state index contributed by atoms with van der Waals surface area (Å²) in [6.07, 6.45) is 9.27. The molecule has 0 unspecified atom stereocenters. The van der Waals surface area contributed by atoms with Gasteiger partial charge in [0.15, 0.2) is 23.0 Å². The van der Waals surface area contributed by atoms with E-state index in [2.05, 4.69) is 23.2 Å². The van der Waals surface area contributed by atoms with Gasteiger partial charge in [0.1, 0.15) is 0 Å². The minimum Gasteiger partial charge on any atom is -0.493 e. The average molecular weight is 527 g/mol. The van der Waals surface area contributed by atoms with Crippen molar-refractivity contribution in [3.63, 3.8) is 0 Å². The van der Waals surface area contributed by atoms with Crippen molar-refractivity contribution in [2.45, 2.75) is 70.8 Å². The Kier molecular flexibility index (Phi) is 12.1. The Hall–Kier alpha value is -2.93. The molecule has 1 aliphatic carbocycles. The van der Waals surface area contributed by atoms with Gasteiger partial charge in [0.05, 0.1) is 34.9 Å². The summed E-state index contributed by atoms with van der Waals surface area (Å²) in [6, 6.07) is 10.4. The molecule has 3 rings (SSSR count). The normalized spacial score (nSPS) is 14.6. The Morgan fingerprint density at radius 2 is 1.63 bits per heavy atom. The first-order valence-electron chi connectivity index (χ1n) is 14.0. The van der Waals surface area contributed by atoms with Gasteiger partial charge in [-0.1, -0.05) is 31.9 Å². The largest absolute Gasteiger partial charge is 0.493 e. The Labute approximate surface area is 228 Å². The summed E-state index contributed by atoms with van der Waals surface area (Å²) in [7, 11) is 6.65. The third-order valence-corrected chi connectivity index (χ3v) is 7.46. The molecule has 0 heterocycles.